The fourth-order valence-electron chi connectivity index (χ4n) is 10.5. The summed E-state index contributed by atoms with van der Waals surface area (Å²) in [5, 5.41) is 0. The van der Waals surface area contributed by atoms with Crippen molar-refractivity contribution in [3.8, 4) is 33.4 Å². The summed E-state index contributed by atoms with van der Waals surface area (Å²) in [6.07, 6.45) is 22.9. The van der Waals surface area contributed by atoms with Crippen LogP contribution < -0.4 is 14.7 Å². The van der Waals surface area contributed by atoms with Gasteiger partial charge in [0.1, 0.15) is 0 Å². The molecule has 3 aliphatic rings. The molecule has 0 bridgehead atoms. The Kier molecular flexibility index (Phi) is 13.0. The molecule has 1 aliphatic heterocycles. The van der Waals surface area contributed by atoms with Crippen LogP contribution in [0.2, 0.25) is 0 Å². The second-order valence-corrected chi connectivity index (χ2v) is 18.6. The normalized spacial score (nSPS) is 16.2. The quantitative estimate of drug-likeness (QED) is 0.107. The molecule has 0 N–H and O–H groups in total. The van der Waals surface area contributed by atoms with Crippen LogP contribution in [-0.4, -0.2) is 0 Å². The third-order valence-electron chi connectivity index (χ3n) is 14.1. The molecule has 2 atom stereocenters. The molecule has 0 radical (unpaired) electrons. The molecule has 11 rings (SSSR count). The number of rotatable bonds is 13. The summed E-state index contributed by atoms with van der Waals surface area (Å²) in [6, 6.07) is 76.8. The monoisotopic (exact) mass is 927 g/mol. The third kappa shape index (κ3) is 9.17. The van der Waals surface area contributed by atoms with Crippen LogP contribution in [0.3, 0.4) is 0 Å². The molecule has 0 amide bonds. The van der Waals surface area contributed by atoms with Crippen molar-refractivity contribution in [2.24, 2.45) is 11.8 Å². The van der Waals surface area contributed by atoms with Gasteiger partial charge in [-0.3, -0.25) is 0 Å². The molecule has 0 saturated carbocycles. The topological polar surface area (TPSA) is 9.72 Å². The van der Waals surface area contributed by atoms with Crippen LogP contribution in [0.15, 0.2) is 302 Å². The first-order valence-corrected chi connectivity index (χ1v) is 25.1. The minimum atomic E-state index is 0.257. The number of benzene rings is 8. The van der Waals surface area contributed by atoms with Crippen molar-refractivity contribution in [3.05, 3.63) is 308 Å². The standard InChI is InChI=1S/C69H57N3/c1-4-6-19-51(5-2)54-28-38-60(39-29-54)70(61-40-30-55(31-41-61)52-20-11-7-12-21-52)62-42-34-57(35-43-62)58-36-46-64(47-37-58)71(63-44-32-56(33-45-63)53-22-13-8-14-23-53)65-48-50(3)69-66-26-17-10-18-27-67(66)72(68(69)49-65)59-24-15-9-16-25-59/h4-26,28-50,69H,2,27H2,1,3H3/b6-4-,51-19+. The number of para-hydroxylation sites is 1. The molecule has 3 heteroatoms. The van der Waals surface area contributed by atoms with Gasteiger partial charge >= 0.3 is 0 Å². The predicted molar refractivity (Wildman–Crippen MR) is 307 cm³/mol. The Morgan fingerprint density at radius 3 is 1.44 bits per heavy atom. The van der Waals surface area contributed by atoms with Gasteiger partial charge in [-0.2, -0.15) is 0 Å². The van der Waals surface area contributed by atoms with Crippen molar-refractivity contribution < 1.29 is 0 Å². The number of hydrogen-bond acceptors (Lipinski definition) is 3. The molecule has 0 aromatic heterocycles. The van der Waals surface area contributed by atoms with Crippen LogP contribution in [0.5, 0.6) is 0 Å². The zero-order valence-electron chi connectivity index (χ0n) is 40.9. The van der Waals surface area contributed by atoms with Crippen LogP contribution in [-0.2, 0) is 0 Å². The van der Waals surface area contributed by atoms with Gasteiger partial charge in [-0.05, 0) is 142 Å². The van der Waals surface area contributed by atoms with Gasteiger partial charge in [-0.25, -0.2) is 0 Å². The van der Waals surface area contributed by atoms with Gasteiger partial charge in [0.25, 0.3) is 0 Å². The van der Waals surface area contributed by atoms with Crippen LogP contribution in [0.25, 0.3) is 39.0 Å². The van der Waals surface area contributed by atoms with E-state index in [0.29, 0.717) is 0 Å². The predicted octanol–water partition coefficient (Wildman–Crippen LogP) is 18.8. The molecule has 0 fully saturated rings. The average molecular weight is 928 g/mol. The first kappa shape index (κ1) is 45.5. The molecule has 0 saturated heterocycles. The van der Waals surface area contributed by atoms with E-state index in [1.165, 1.54) is 44.9 Å². The molecule has 1 heterocycles. The molecule has 72 heavy (non-hydrogen) atoms. The van der Waals surface area contributed by atoms with Crippen molar-refractivity contribution in [1.29, 1.82) is 0 Å². The highest BCUT2D eigenvalue weighted by atomic mass is 15.2. The highest BCUT2D eigenvalue weighted by molar-refractivity contribution is 5.83. The van der Waals surface area contributed by atoms with Gasteiger partial charge in [-0.15, -0.1) is 0 Å². The van der Waals surface area contributed by atoms with E-state index in [-0.39, 0.29) is 11.8 Å². The van der Waals surface area contributed by atoms with Crippen molar-refractivity contribution in [1.82, 2.24) is 0 Å². The van der Waals surface area contributed by atoms with Gasteiger partial charge in [0.05, 0.1) is 0 Å². The van der Waals surface area contributed by atoms with Gasteiger partial charge in [0, 0.05) is 63.6 Å². The summed E-state index contributed by atoms with van der Waals surface area (Å²) in [6.45, 7) is 8.49. The summed E-state index contributed by atoms with van der Waals surface area (Å²) in [7, 11) is 0. The van der Waals surface area contributed by atoms with E-state index in [9.17, 15) is 0 Å². The van der Waals surface area contributed by atoms with Crippen molar-refractivity contribution >= 4 is 39.7 Å². The molecule has 2 aliphatic carbocycles. The highest BCUT2D eigenvalue weighted by Crippen LogP contribution is 2.50. The van der Waals surface area contributed by atoms with E-state index in [4.69, 9.17) is 0 Å². The Bertz CT molecular complexity index is 3410. The minimum Gasteiger partial charge on any atom is -0.317 e. The largest absolute Gasteiger partial charge is 0.317 e. The number of fused-ring (bicyclic) bond motifs is 2. The lowest BCUT2D eigenvalue weighted by atomic mass is 9.81. The maximum Gasteiger partial charge on any atom is 0.0462 e. The Balaban J connectivity index is 0.940. The Hall–Kier alpha value is -8.92. The van der Waals surface area contributed by atoms with E-state index in [0.717, 1.165) is 62.8 Å². The first-order chi connectivity index (χ1) is 35.5. The van der Waals surface area contributed by atoms with E-state index in [2.05, 4.69) is 289 Å². The third-order valence-corrected chi connectivity index (χ3v) is 14.1. The summed E-state index contributed by atoms with van der Waals surface area (Å²) < 4.78 is 0. The van der Waals surface area contributed by atoms with Gasteiger partial charge < -0.3 is 14.7 Å². The second kappa shape index (κ2) is 20.6. The van der Waals surface area contributed by atoms with E-state index in [1.54, 1.807) is 0 Å². The maximum atomic E-state index is 4.08. The van der Waals surface area contributed by atoms with E-state index < -0.39 is 0 Å². The van der Waals surface area contributed by atoms with E-state index >= 15 is 0 Å². The van der Waals surface area contributed by atoms with Gasteiger partial charge in [0.15, 0.2) is 0 Å². The number of allylic oxidation sites excluding steroid dienone is 12. The zero-order chi connectivity index (χ0) is 48.8. The molecule has 8 aromatic carbocycles. The SMILES string of the molecule is C=C/C(=C\C=C/C)c1ccc(N(c2ccc(-c3ccccc3)cc2)c2ccc(-c3ccc(N(C4=CC(C)C5C(=C4)N(c4ccccc4)C4=C5C=CC=CC4)c4ccc(-c5ccccc5)cc4)cc3)cc2)cc1. The first-order valence-electron chi connectivity index (χ1n) is 25.1. The Morgan fingerprint density at radius 1 is 0.528 bits per heavy atom. The van der Waals surface area contributed by atoms with Crippen molar-refractivity contribution in [3.63, 3.8) is 0 Å². The fourth-order valence-corrected chi connectivity index (χ4v) is 10.5. The number of anilines is 6. The summed E-state index contributed by atoms with van der Waals surface area (Å²) in [5.41, 5.74) is 21.2. The molecule has 2 unspecified atom stereocenters. The highest BCUT2D eigenvalue weighted by Gasteiger charge is 2.41. The second-order valence-electron chi connectivity index (χ2n) is 18.6. The molecule has 3 nitrogen and oxygen atoms in total. The summed E-state index contributed by atoms with van der Waals surface area (Å²) >= 11 is 0. The van der Waals surface area contributed by atoms with Crippen LogP contribution in [0, 0.1) is 11.8 Å². The summed E-state index contributed by atoms with van der Waals surface area (Å²) in [4.78, 5) is 7.28. The minimum absolute atomic E-state index is 0.257. The fraction of sp³-hybridized carbons (Fsp3) is 0.0725. The lowest BCUT2D eigenvalue weighted by molar-refractivity contribution is 0.560. The van der Waals surface area contributed by atoms with Crippen molar-refractivity contribution in [2.45, 2.75) is 20.3 Å². The molecule has 8 aromatic rings. The van der Waals surface area contributed by atoms with Crippen molar-refractivity contribution in [2.75, 3.05) is 14.7 Å². The van der Waals surface area contributed by atoms with Crippen LogP contribution in [0.4, 0.5) is 34.1 Å². The number of nitrogens with zero attached hydrogens (tertiary/aromatic N) is 3. The molecule has 0 spiro atoms. The lowest BCUT2D eigenvalue weighted by Gasteiger charge is -2.35. The smallest absolute Gasteiger partial charge is 0.0462 e. The maximum absolute atomic E-state index is 4.08. The van der Waals surface area contributed by atoms with E-state index in [1.807, 2.05) is 19.1 Å². The lowest BCUT2D eigenvalue weighted by Crippen LogP contribution is -2.27. The Labute approximate surface area is 425 Å². The molecular weight excluding hydrogens is 871 g/mol. The zero-order valence-corrected chi connectivity index (χ0v) is 40.9. The molecular formula is C69H57N3. The van der Waals surface area contributed by atoms with Crippen LogP contribution in [0.1, 0.15) is 25.8 Å². The Morgan fingerprint density at radius 2 is 0.972 bits per heavy atom. The summed E-state index contributed by atoms with van der Waals surface area (Å²) in [5.74, 6) is 0.515. The van der Waals surface area contributed by atoms with Gasteiger partial charge in [0.2, 0.25) is 0 Å². The molecule has 348 valence electrons. The van der Waals surface area contributed by atoms with Gasteiger partial charge in [-0.1, -0.05) is 208 Å². The average Bonchev–Trinajstić information content (AvgIpc) is 3.56. The van der Waals surface area contributed by atoms with Crippen LogP contribution >= 0.6 is 0 Å². The number of hydrogen-bond donors (Lipinski definition) is 0.